The molecule has 2 heterocycles. The van der Waals surface area contributed by atoms with Crippen molar-refractivity contribution >= 4 is 27.5 Å². The molecule has 2 aliphatic heterocycles. The number of carbonyl (C=O) groups is 2. The number of nitrogens with zero attached hydrogens (tertiary/aromatic N) is 2. The molecule has 1 saturated carbocycles. The summed E-state index contributed by atoms with van der Waals surface area (Å²) >= 11 is 0. The van der Waals surface area contributed by atoms with Crippen molar-refractivity contribution in [2.75, 3.05) is 18.0 Å². The summed E-state index contributed by atoms with van der Waals surface area (Å²) in [7, 11) is -3.74. The van der Waals surface area contributed by atoms with Gasteiger partial charge in [0, 0.05) is 30.7 Å². The molecule has 2 aromatic rings. The Labute approximate surface area is 207 Å². The summed E-state index contributed by atoms with van der Waals surface area (Å²) in [6.07, 6.45) is 3.84. The van der Waals surface area contributed by atoms with E-state index in [1.54, 1.807) is 18.2 Å². The number of fused-ring (bicyclic) bond motifs is 1. The molecule has 1 aliphatic carbocycles. The molecule has 35 heavy (non-hydrogen) atoms. The second-order valence-electron chi connectivity index (χ2n) is 10.2. The number of rotatable bonds is 6. The van der Waals surface area contributed by atoms with Crippen LogP contribution in [0.3, 0.4) is 0 Å². The monoisotopic (exact) mass is 495 g/mol. The lowest BCUT2D eigenvalue weighted by atomic mass is 9.98. The van der Waals surface area contributed by atoms with Gasteiger partial charge in [0.2, 0.25) is 21.8 Å². The van der Waals surface area contributed by atoms with Gasteiger partial charge in [-0.3, -0.25) is 9.59 Å². The van der Waals surface area contributed by atoms with Crippen LogP contribution in [0.5, 0.6) is 0 Å². The van der Waals surface area contributed by atoms with Gasteiger partial charge >= 0.3 is 0 Å². The molecular formula is C27H33N3O4S. The molecule has 3 aliphatic rings. The molecule has 0 aromatic heterocycles. The van der Waals surface area contributed by atoms with Gasteiger partial charge in [-0.1, -0.05) is 30.3 Å². The zero-order valence-electron chi connectivity index (χ0n) is 20.3. The van der Waals surface area contributed by atoms with E-state index in [1.807, 2.05) is 49.1 Å². The second-order valence-corrected chi connectivity index (χ2v) is 12.1. The van der Waals surface area contributed by atoms with Gasteiger partial charge in [-0.25, -0.2) is 8.42 Å². The smallest absolute Gasteiger partial charge is 0.243 e. The van der Waals surface area contributed by atoms with Crippen LogP contribution >= 0.6 is 0 Å². The van der Waals surface area contributed by atoms with Crippen LogP contribution in [-0.2, 0) is 26.0 Å². The SMILES string of the molecule is C[C@H](NC(=O)[C@@H]1CCCN(S(=O)(=O)c2ccc3c(c2)C[C@@H](C)N3C(=O)C2CC2)C1)c1ccccc1. The topological polar surface area (TPSA) is 86.8 Å². The number of hydrogen-bond acceptors (Lipinski definition) is 4. The van der Waals surface area contributed by atoms with Crippen LogP contribution in [0, 0.1) is 11.8 Å². The fourth-order valence-corrected chi connectivity index (χ4v) is 6.89. The van der Waals surface area contributed by atoms with Gasteiger partial charge in [0.25, 0.3) is 0 Å². The van der Waals surface area contributed by atoms with E-state index in [-0.39, 0.29) is 47.2 Å². The highest BCUT2D eigenvalue weighted by atomic mass is 32.2. The van der Waals surface area contributed by atoms with Gasteiger partial charge in [-0.2, -0.15) is 4.31 Å². The van der Waals surface area contributed by atoms with Crippen molar-refractivity contribution in [3.05, 3.63) is 59.7 Å². The number of piperidine rings is 1. The van der Waals surface area contributed by atoms with E-state index < -0.39 is 10.0 Å². The molecular weight excluding hydrogens is 462 g/mol. The van der Waals surface area contributed by atoms with Crippen molar-refractivity contribution in [1.82, 2.24) is 9.62 Å². The molecule has 8 heteroatoms. The van der Waals surface area contributed by atoms with Gasteiger partial charge in [-0.05, 0) is 75.3 Å². The molecule has 0 unspecified atom stereocenters. The molecule has 3 atom stereocenters. The summed E-state index contributed by atoms with van der Waals surface area (Å²) < 4.78 is 28.5. The summed E-state index contributed by atoms with van der Waals surface area (Å²) in [6, 6.07) is 14.8. The Bertz CT molecular complexity index is 1230. The molecule has 5 rings (SSSR count). The highest BCUT2D eigenvalue weighted by molar-refractivity contribution is 7.89. The Hall–Kier alpha value is -2.71. The number of benzene rings is 2. The van der Waals surface area contributed by atoms with Crippen molar-refractivity contribution in [3.63, 3.8) is 0 Å². The van der Waals surface area contributed by atoms with Gasteiger partial charge in [-0.15, -0.1) is 0 Å². The van der Waals surface area contributed by atoms with Crippen LogP contribution < -0.4 is 10.2 Å². The first-order valence-electron chi connectivity index (χ1n) is 12.6. The largest absolute Gasteiger partial charge is 0.349 e. The third-order valence-corrected chi connectivity index (χ3v) is 9.34. The van der Waals surface area contributed by atoms with Gasteiger partial charge in [0.05, 0.1) is 16.9 Å². The first kappa shape index (κ1) is 24.0. The van der Waals surface area contributed by atoms with Crippen LogP contribution in [0.2, 0.25) is 0 Å². The summed E-state index contributed by atoms with van der Waals surface area (Å²) in [5.74, 6) is -0.224. The molecule has 186 valence electrons. The molecule has 1 N–H and O–H groups in total. The summed E-state index contributed by atoms with van der Waals surface area (Å²) in [5, 5.41) is 3.05. The van der Waals surface area contributed by atoms with E-state index in [0.717, 1.165) is 29.7 Å². The van der Waals surface area contributed by atoms with Crippen molar-refractivity contribution in [3.8, 4) is 0 Å². The number of amides is 2. The van der Waals surface area contributed by atoms with E-state index in [1.165, 1.54) is 4.31 Å². The van der Waals surface area contributed by atoms with E-state index in [9.17, 15) is 18.0 Å². The fourth-order valence-electron chi connectivity index (χ4n) is 5.31. The number of carbonyl (C=O) groups excluding carboxylic acids is 2. The van der Waals surface area contributed by atoms with Gasteiger partial charge < -0.3 is 10.2 Å². The highest BCUT2D eigenvalue weighted by Crippen LogP contribution is 2.40. The zero-order chi connectivity index (χ0) is 24.7. The lowest BCUT2D eigenvalue weighted by Crippen LogP contribution is -2.45. The molecule has 2 aromatic carbocycles. The first-order valence-corrected chi connectivity index (χ1v) is 14.0. The number of nitrogens with one attached hydrogen (secondary N) is 1. The lowest BCUT2D eigenvalue weighted by molar-refractivity contribution is -0.126. The summed E-state index contributed by atoms with van der Waals surface area (Å²) in [4.78, 5) is 27.8. The van der Waals surface area contributed by atoms with Crippen molar-refractivity contribution in [1.29, 1.82) is 0 Å². The minimum absolute atomic E-state index is 0.0331. The number of hydrogen-bond donors (Lipinski definition) is 1. The maximum Gasteiger partial charge on any atom is 0.243 e. The van der Waals surface area contributed by atoms with Crippen LogP contribution in [0.15, 0.2) is 53.4 Å². The Balaban J connectivity index is 1.29. The van der Waals surface area contributed by atoms with Crippen LogP contribution in [-0.4, -0.2) is 43.7 Å². The van der Waals surface area contributed by atoms with E-state index in [2.05, 4.69) is 5.32 Å². The molecule has 7 nitrogen and oxygen atoms in total. The maximum absolute atomic E-state index is 13.5. The van der Waals surface area contributed by atoms with Crippen LogP contribution in [0.25, 0.3) is 0 Å². The third kappa shape index (κ3) is 4.74. The minimum Gasteiger partial charge on any atom is -0.349 e. The molecule has 0 bridgehead atoms. The van der Waals surface area contributed by atoms with Crippen molar-refractivity contribution in [2.24, 2.45) is 11.8 Å². The van der Waals surface area contributed by atoms with E-state index in [4.69, 9.17) is 0 Å². The van der Waals surface area contributed by atoms with Crippen molar-refractivity contribution in [2.45, 2.75) is 62.9 Å². The Morgan fingerprint density at radius 2 is 1.77 bits per heavy atom. The highest BCUT2D eigenvalue weighted by Gasteiger charge is 2.40. The predicted molar refractivity (Wildman–Crippen MR) is 134 cm³/mol. The second kappa shape index (κ2) is 9.39. The maximum atomic E-state index is 13.5. The minimum atomic E-state index is -3.74. The number of anilines is 1. The average molecular weight is 496 g/mol. The summed E-state index contributed by atoms with van der Waals surface area (Å²) in [5.41, 5.74) is 2.75. The van der Waals surface area contributed by atoms with Gasteiger partial charge in [0.1, 0.15) is 0 Å². The molecule has 1 saturated heterocycles. The normalized spacial score (nSPS) is 23.5. The lowest BCUT2D eigenvalue weighted by Gasteiger charge is -2.32. The molecule has 0 radical (unpaired) electrons. The molecule has 2 fully saturated rings. The number of sulfonamides is 1. The van der Waals surface area contributed by atoms with Crippen LogP contribution in [0.4, 0.5) is 5.69 Å². The van der Waals surface area contributed by atoms with E-state index >= 15 is 0 Å². The third-order valence-electron chi connectivity index (χ3n) is 7.48. The van der Waals surface area contributed by atoms with E-state index in [0.29, 0.717) is 25.8 Å². The Morgan fingerprint density at radius 3 is 2.49 bits per heavy atom. The predicted octanol–water partition coefficient (Wildman–Crippen LogP) is 3.65. The Kier molecular flexibility index (Phi) is 6.44. The quantitative estimate of drug-likeness (QED) is 0.663. The van der Waals surface area contributed by atoms with Crippen LogP contribution in [0.1, 0.15) is 56.7 Å². The van der Waals surface area contributed by atoms with Gasteiger partial charge in [0.15, 0.2) is 0 Å². The Morgan fingerprint density at radius 1 is 1.03 bits per heavy atom. The van der Waals surface area contributed by atoms with Crippen molar-refractivity contribution < 1.29 is 18.0 Å². The zero-order valence-corrected chi connectivity index (χ0v) is 21.1. The fraction of sp³-hybridized carbons (Fsp3) is 0.481. The molecule has 2 amide bonds. The average Bonchev–Trinajstić information content (AvgIpc) is 3.66. The standard InChI is InChI=1S/C27H33N3O4S/c1-18-15-23-16-24(12-13-25(23)30(18)27(32)21-10-11-21)35(33,34)29-14-6-9-22(17-29)26(31)28-19(2)20-7-4-3-5-8-20/h3-5,7-8,12-13,16,18-19,21-22H,6,9-11,14-15,17H2,1-2H3,(H,28,31)/t18-,19+,22-/m1/s1. The first-order chi connectivity index (χ1) is 16.8. The molecule has 0 spiro atoms. The summed E-state index contributed by atoms with van der Waals surface area (Å²) in [6.45, 7) is 4.53.